The van der Waals surface area contributed by atoms with Crippen LogP contribution in [0.3, 0.4) is 0 Å². The van der Waals surface area contributed by atoms with Crippen LogP contribution in [0.1, 0.15) is 10.4 Å². The van der Waals surface area contributed by atoms with Gasteiger partial charge >= 0.3 is 6.92 Å². The summed E-state index contributed by atoms with van der Waals surface area (Å²) in [6.45, 7) is 1.07. The number of carbonyl (C=O) groups excluding carboxylic acids is 1. The van der Waals surface area contributed by atoms with Crippen molar-refractivity contribution in [3.8, 4) is 0 Å². The molecule has 0 aliphatic rings. The van der Waals surface area contributed by atoms with Gasteiger partial charge in [-0.05, 0) is 11.5 Å². The third-order valence-corrected chi connectivity index (χ3v) is 1.65. The van der Waals surface area contributed by atoms with Crippen molar-refractivity contribution in [1.29, 1.82) is 0 Å². The van der Waals surface area contributed by atoms with Crippen molar-refractivity contribution in [3.05, 3.63) is 29.8 Å². The van der Waals surface area contributed by atoms with E-state index in [0.717, 1.165) is 0 Å². The maximum Gasteiger partial charge on any atom is 0.320 e. The lowest BCUT2D eigenvalue weighted by molar-refractivity contribution is 0.100. The fraction of sp³-hybridized carbons (Fsp3) is 0.125. The van der Waals surface area contributed by atoms with Crippen LogP contribution in [0.5, 0.6) is 0 Å². The summed E-state index contributed by atoms with van der Waals surface area (Å²) in [5.41, 5.74) is 6.19. The SMILES string of the molecule is CB(O)c1cccc(C(N)=O)c1. The minimum absolute atomic E-state index is 0.424. The molecule has 0 aliphatic heterocycles. The molecule has 1 amide bonds. The molecule has 12 heavy (non-hydrogen) atoms. The van der Waals surface area contributed by atoms with Crippen molar-refractivity contribution < 1.29 is 9.82 Å². The van der Waals surface area contributed by atoms with Crippen LogP contribution in [0.15, 0.2) is 24.3 Å². The van der Waals surface area contributed by atoms with Gasteiger partial charge in [-0.2, -0.15) is 0 Å². The number of rotatable bonds is 2. The Morgan fingerprint density at radius 1 is 1.58 bits per heavy atom. The van der Waals surface area contributed by atoms with Gasteiger partial charge in [0, 0.05) is 5.56 Å². The lowest BCUT2D eigenvalue weighted by Crippen LogP contribution is -2.27. The highest BCUT2D eigenvalue weighted by Crippen LogP contribution is 1.95. The minimum Gasteiger partial charge on any atom is -0.447 e. The first-order valence-corrected chi connectivity index (χ1v) is 3.69. The maximum absolute atomic E-state index is 10.7. The Morgan fingerprint density at radius 2 is 2.25 bits per heavy atom. The van der Waals surface area contributed by atoms with E-state index in [0.29, 0.717) is 11.0 Å². The standard InChI is InChI=1S/C8H10BNO2/c1-9(12)7-4-2-3-6(5-7)8(10)11/h2-5,12H,1H3,(H2,10,11). The normalized spacial score (nSPS) is 9.50. The first-order valence-electron chi connectivity index (χ1n) is 3.69. The van der Waals surface area contributed by atoms with E-state index in [2.05, 4.69) is 0 Å². The summed E-state index contributed by atoms with van der Waals surface area (Å²) in [7, 11) is 0. The molecule has 0 aromatic heterocycles. The fourth-order valence-electron chi connectivity index (χ4n) is 0.952. The van der Waals surface area contributed by atoms with Crippen LogP contribution in [0.4, 0.5) is 0 Å². The van der Waals surface area contributed by atoms with Gasteiger partial charge in [0.1, 0.15) is 0 Å². The molecule has 1 rings (SSSR count). The highest BCUT2D eigenvalue weighted by atomic mass is 16.2. The molecule has 0 saturated carbocycles. The number of nitrogens with two attached hydrogens (primary N) is 1. The van der Waals surface area contributed by atoms with Crippen LogP contribution < -0.4 is 11.2 Å². The van der Waals surface area contributed by atoms with Crippen LogP contribution in [0, 0.1) is 0 Å². The largest absolute Gasteiger partial charge is 0.447 e. The van der Waals surface area contributed by atoms with E-state index in [9.17, 15) is 9.82 Å². The molecule has 1 aromatic carbocycles. The molecule has 0 fully saturated rings. The predicted octanol–water partition coefficient (Wildman–Crippen LogP) is -0.394. The van der Waals surface area contributed by atoms with E-state index in [1.54, 1.807) is 31.1 Å². The van der Waals surface area contributed by atoms with Crippen molar-refractivity contribution in [1.82, 2.24) is 0 Å². The molecule has 0 heterocycles. The monoisotopic (exact) mass is 163 g/mol. The second-order valence-corrected chi connectivity index (χ2v) is 2.67. The van der Waals surface area contributed by atoms with Crippen molar-refractivity contribution in [3.63, 3.8) is 0 Å². The summed E-state index contributed by atoms with van der Waals surface area (Å²) >= 11 is 0. The molecule has 0 spiro atoms. The lowest BCUT2D eigenvalue weighted by Gasteiger charge is -2.01. The van der Waals surface area contributed by atoms with Crippen molar-refractivity contribution in [2.75, 3.05) is 0 Å². The first kappa shape index (κ1) is 8.81. The van der Waals surface area contributed by atoms with E-state index in [1.165, 1.54) is 0 Å². The molecule has 0 aliphatic carbocycles. The Kier molecular flexibility index (Phi) is 2.50. The lowest BCUT2D eigenvalue weighted by atomic mass is 9.64. The molecule has 1 aromatic rings. The Labute approximate surface area is 71.3 Å². The predicted molar refractivity (Wildman–Crippen MR) is 48.4 cm³/mol. The van der Waals surface area contributed by atoms with Crippen molar-refractivity contribution >= 4 is 18.3 Å². The summed E-state index contributed by atoms with van der Waals surface area (Å²) < 4.78 is 0. The molecule has 0 bridgehead atoms. The summed E-state index contributed by atoms with van der Waals surface area (Å²) in [6, 6.07) is 6.65. The summed E-state index contributed by atoms with van der Waals surface area (Å²) in [4.78, 5) is 10.7. The van der Waals surface area contributed by atoms with Gasteiger partial charge in [0.2, 0.25) is 5.91 Å². The zero-order valence-corrected chi connectivity index (χ0v) is 6.82. The Bertz CT molecular complexity index is 299. The number of hydrogen-bond donors (Lipinski definition) is 2. The summed E-state index contributed by atoms with van der Waals surface area (Å²) in [6.07, 6.45) is 0. The third-order valence-electron chi connectivity index (χ3n) is 1.65. The number of amides is 1. The van der Waals surface area contributed by atoms with Gasteiger partial charge in [-0.1, -0.05) is 25.0 Å². The van der Waals surface area contributed by atoms with E-state index >= 15 is 0 Å². The molecule has 0 unspecified atom stereocenters. The van der Waals surface area contributed by atoms with Crippen molar-refractivity contribution in [2.45, 2.75) is 6.82 Å². The Hall–Kier alpha value is -1.29. The summed E-state index contributed by atoms with van der Waals surface area (Å²) in [5.74, 6) is -0.475. The molecule has 0 atom stereocenters. The highest BCUT2D eigenvalue weighted by Gasteiger charge is 2.08. The Balaban J connectivity index is 3.04. The van der Waals surface area contributed by atoms with Gasteiger partial charge in [0.05, 0.1) is 0 Å². The molecule has 0 radical (unpaired) electrons. The van der Waals surface area contributed by atoms with Gasteiger partial charge in [-0.15, -0.1) is 0 Å². The van der Waals surface area contributed by atoms with Gasteiger partial charge in [-0.25, -0.2) is 0 Å². The molecule has 3 nitrogen and oxygen atoms in total. The van der Waals surface area contributed by atoms with E-state index in [4.69, 9.17) is 5.73 Å². The number of benzene rings is 1. The van der Waals surface area contributed by atoms with Gasteiger partial charge in [-0.3, -0.25) is 4.79 Å². The number of carbonyl (C=O) groups is 1. The molecule has 0 saturated heterocycles. The van der Waals surface area contributed by atoms with E-state index in [-0.39, 0.29) is 0 Å². The molecule has 4 heteroatoms. The van der Waals surface area contributed by atoms with Gasteiger partial charge < -0.3 is 10.8 Å². The fourth-order valence-corrected chi connectivity index (χ4v) is 0.952. The third kappa shape index (κ3) is 1.86. The molecular formula is C8H10BNO2. The average Bonchev–Trinajstić information content (AvgIpc) is 2.04. The topological polar surface area (TPSA) is 63.3 Å². The second-order valence-electron chi connectivity index (χ2n) is 2.67. The number of primary amides is 1. The maximum atomic E-state index is 10.7. The van der Waals surface area contributed by atoms with E-state index < -0.39 is 12.8 Å². The second kappa shape index (κ2) is 3.41. The molecular weight excluding hydrogens is 153 g/mol. The van der Waals surface area contributed by atoms with Crippen LogP contribution in [0.25, 0.3) is 0 Å². The molecule has 62 valence electrons. The van der Waals surface area contributed by atoms with Crippen LogP contribution in [0.2, 0.25) is 6.82 Å². The zero-order chi connectivity index (χ0) is 9.14. The number of hydrogen-bond acceptors (Lipinski definition) is 2. The van der Waals surface area contributed by atoms with Crippen LogP contribution >= 0.6 is 0 Å². The minimum atomic E-state index is -0.565. The summed E-state index contributed by atoms with van der Waals surface area (Å²) in [5, 5.41) is 9.18. The molecule has 3 N–H and O–H groups in total. The highest BCUT2D eigenvalue weighted by molar-refractivity contribution is 6.64. The van der Waals surface area contributed by atoms with Crippen LogP contribution in [-0.2, 0) is 0 Å². The van der Waals surface area contributed by atoms with Gasteiger partial charge in [0.15, 0.2) is 0 Å². The smallest absolute Gasteiger partial charge is 0.320 e. The van der Waals surface area contributed by atoms with E-state index in [1.807, 2.05) is 0 Å². The van der Waals surface area contributed by atoms with Gasteiger partial charge in [0.25, 0.3) is 0 Å². The van der Waals surface area contributed by atoms with Crippen molar-refractivity contribution in [2.24, 2.45) is 5.73 Å². The average molecular weight is 163 g/mol. The zero-order valence-electron chi connectivity index (χ0n) is 6.82. The quantitative estimate of drug-likeness (QED) is 0.583. The van der Waals surface area contributed by atoms with Crippen LogP contribution in [-0.4, -0.2) is 17.8 Å². The Morgan fingerprint density at radius 3 is 2.75 bits per heavy atom. The first-order chi connectivity index (χ1) is 5.61.